The van der Waals surface area contributed by atoms with Gasteiger partial charge in [0.05, 0.1) is 19.9 Å². The maximum Gasteiger partial charge on any atom is 0.189 e. The smallest absolute Gasteiger partial charge is 0.189 e. The van der Waals surface area contributed by atoms with Crippen LogP contribution in [0.2, 0.25) is 0 Å². The average molecular weight is 421 g/mol. The van der Waals surface area contributed by atoms with Gasteiger partial charge < -0.3 is 14.8 Å². The molecule has 2 aromatic carbocycles. The van der Waals surface area contributed by atoms with Crippen LogP contribution in [-0.4, -0.2) is 30.4 Å². The lowest BCUT2D eigenvalue weighted by Gasteiger charge is -2.17. The lowest BCUT2D eigenvalue weighted by atomic mass is 10.0. The third-order valence-electron chi connectivity index (χ3n) is 4.68. The van der Waals surface area contributed by atoms with Gasteiger partial charge in [0.1, 0.15) is 11.6 Å². The normalized spacial score (nSPS) is 10.6. The van der Waals surface area contributed by atoms with Crippen LogP contribution in [-0.2, 0) is 0 Å². The SMILES string of the molecule is COc1ccc(-c2nc(SC)nc(Nc3ccccc3C(C)C)c2C#N)cc1OC. The molecule has 3 aromatic rings. The number of rotatable bonds is 7. The van der Waals surface area contributed by atoms with E-state index < -0.39 is 0 Å². The van der Waals surface area contributed by atoms with E-state index >= 15 is 0 Å². The molecule has 0 atom stereocenters. The van der Waals surface area contributed by atoms with Crippen LogP contribution in [0.15, 0.2) is 47.6 Å². The Labute approximate surface area is 181 Å². The minimum absolute atomic E-state index is 0.325. The third-order valence-corrected chi connectivity index (χ3v) is 5.22. The van der Waals surface area contributed by atoms with Gasteiger partial charge in [0.25, 0.3) is 0 Å². The fraction of sp³-hybridized carbons (Fsp3) is 0.261. The Hall–Kier alpha value is -3.24. The molecule has 0 saturated carbocycles. The van der Waals surface area contributed by atoms with E-state index in [9.17, 15) is 5.26 Å². The van der Waals surface area contributed by atoms with Crippen LogP contribution in [0, 0.1) is 11.3 Å². The minimum Gasteiger partial charge on any atom is -0.493 e. The summed E-state index contributed by atoms with van der Waals surface area (Å²) < 4.78 is 10.8. The van der Waals surface area contributed by atoms with Crippen molar-refractivity contribution in [2.75, 3.05) is 25.8 Å². The number of nitriles is 1. The van der Waals surface area contributed by atoms with Gasteiger partial charge >= 0.3 is 0 Å². The van der Waals surface area contributed by atoms with E-state index in [0.717, 1.165) is 16.8 Å². The molecule has 0 aliphatic carbocycles. The Balaban J connectivity index is 2.17. The highest BCUT2D eigenvalue weighted by atomic mass is 32.2. The standard InChI is InChI=1S/C23H24N4O2S/c1-14(2)16-8-6-7-9-18(16)25-22-17(13-24)21(26-23(27-22)30-5)15-10-11-19(28-3)20(12-15)29-4/h6-12,14H,1-5H3,(H,25,26,27). The number of ether oxygens (including phenoxy) is 2. The number of aromatic nitrogens is 2. The van der Waals surface area contributed by atoms with E-state index in [1.807, 2.05) is 36.6 Å². The molecule has 7 heteroatoms. The number of nitrogens with zero attached hydrogens (tertiary/aromatic N) is 3. The predicted octanol–water partition coefficient (Wildman–Crippen LogP) is 5.62. The summed E-state index contributed by atoms with van der Waals surface area (Å²) in [5.74, 6) is 1.99. The molecule has 0 radical (unpaired) electrons. The van der Waals surface area contributed by atoms with Crippen LogP contribution in [0.4, 0.5) is 11.5 Å². The number of para-hydroxylation sites is 1. The predicted molar refractivity (Wildman–Crippen MR) is 121 cm³/mol. The highest BCUT2D eigenvalue weighted by molar-refractivity contribution is 7.98. The average Bonchev–Trinajstić information content (AvgIpc) is 2.78. The lowest BCUT2D eigenvalue weighted by molar-refractivity contribution is 0.355. The van der Waals surface area contributed by atoms with E-state index in [1.165, 1.54) is 11.8 Å². The molecule has 0 fully saturated rings. The topological polar surface area (TPSA) is 80.1 Å². The van der Waals surface area contributed by atoms with Gasteiger partial charge in [-0.1, -0.05) is 43.8 Å². The molecule has 154 valence electrons. The summed E-state index contributed by atoms with van der Waals surface area (Å²) in [5.41, 5.74) is 3.74. The summed E-state index contributed by atoms with van der Waals surface area (Å²) in [4.78, 5) is 9.20. The second-order valence-electron chi connectivity index (χ2n) is 6.83. The summed E-state index contributed by atoms with van der Waals surface area (Å²) in [7, 11) is 3.17. The van der Waals surface area contributed by atoms with Gasteiger partial charge in [0.15, 0.2) is 22.5 Å². The fourth-order valence-corrected chi connectivity index (χ4v) is 3.53. The second-order valence-corrected chi connectivity index (χ2v) is 7.60. The molecule has 0 saturated heterocycles. The molecule has 1 heterocycles. The Kier molecular flexibility index (Phi) is 6.80. The van der Waals surface area contributed by atoms with Crippen molar-refractivity contribution >= 4 is 23.3 Å². The van der Waals surface area contributed by atoms with E-state index in [2.05, 4.69) is 41.3 Å². The van der Waals surface area contributed by atoms with Crippen LogP contribution >= 0.6 is 11.8 Å². The summed E-state index contributed by atoms with van der Waals surface area (Å²) in [6, 6.07) is 15.8. The maximum absolute atomic E-state index is 9.98. The Morgan fingerprint density at radius 1 is 1.03 bits per heavy atom. The van der Waals surface area contributed by atoms with E-state index in [4.69, 9.17) is 9.47 Å². The van der Waals surface area contributed by atoms with Crippen molar-refractivity contribution in [3.8, 4) is 28.8 Å². The van der Waals surface area contributed by atoms with E-state index in [1.54, 1.807) is 20.3 Å². The zero-order valence-corrected chi connectivity index (χ0v) is 18.5. The molecule has 1 aromatic heterocycles. The van der Waals surface area contributed by atoms with Crippen LogP contribution in [0.5, 0.6) is 11.5 Å². The first-order valence-electron chi connectivity index (χ1n) is 9.46. The molecular formula is C23H24N4O2S. The van der Waals surface area contributed by atoms with Crippen LogP contribution in [0.1, 0.15) is 30.9 Å². The van der Waals surface area contributed by atoms with Crippen molar-refractivity contribution in [1.29, 1.82) is 5.26 Å². The van der Waals surface area contributed by atoms with Crippen LogP contribution in [0.3, 0.4) is 0 Å². The largest absolute Gasteiger partial charge is 0.493 e. The van der Waals surface area contributed by atoms with Crippen molar-refractivity contribution < 1.29 is 9.47 Å². The molecule has 0 bridgehead atoms. The van der Waals surface area contributed by atoms with E-state index in [0.29, 0.717) is 39.6 Å². The van der Waals surface area contributed by atoms with Crippen molar-refractivity contribution in [2.24, 2.45) is 0 Å². The molecule has 0 aliphatic rings. The molecule has 1 N–H and O–H groups in total. The van der Waals surface area contributed by atoms with Crippen LogP contribution in [0.25, 0.3) is 11.3 Å². The molecule has 6 nitrogen and oxygen atoms in total. The summed E-state index contributed by atoms with van der Waals surface area (Å²) >= 11 is 1.42. The van der Waals surface area contributed by atoms with Crippen molar-refractivity contribution in [3.05, 3.63) is 53.6 Å². The lowest BCUT2D eigenvalue weighted by Crippen LogP contribution is -2.05. The number of benzene rings is 2. The van der Waals surface area contributed by atoms with Gasteiger partial charge in [-0.3, -0.25) is 0 Å². The molecular weight excluding hydrogens is 396 g/mol. The number of thioether (sulfide) groups is 1. The van der Waals surface area contributed by atoms with Gasteiger partial charge in [-0.15, -0.1) is 0 Å². The quantitative estimate of drug-likeness (QED) is 0.392. The first kappa shape index (κ1) is 21.5. The number of hydrogen-bond donors (Lipinski definition) is 1. The molecule has 0 spiro atoms. The van der Waals surface area contributed by atoms with Crippen LogP contribution < -0.4 is 14.8 Å². The molecule has 0 amide bonds. The maximum atomic E-state index is 9.98. The number of hydrogen-bond acceptors (Lipinski definition) is 7. The fourth-order valence-electron chi connectivity index (χ4n) is 3.16. The Bertz CT molecular complexity index is 1090. The summed E-state index contributed by atoms with van der Waals surface area (Å²) in [6.07, 6.45) is 1.91. The van der Waals surface area contributed by atoms with Gasteiger partial charge in [-0.2, -0.15) is 5.26 Å². The Morgan fingerprint density at radius 3 is 2.40 bits per heavy atom. The van der Waals surface area contributed by atoms with Gasteiger partial charge in [-0.25, -0.2) is 9.97 Å². The molecule has 30 heavy (non-hydrogen) atoms. The summed E-state index contributed by atoms with van der Waals surface area (Å²) in [6.45, 7) is 4.27. The van der Waals surface area contributed by atoms with E-state index in [-0.39, 0.29) is 0 Å². The van der Waals surface area contributed by atoms with Crippen molar-refractivity contribution in [2.45, 2.75) is 24.9 Å². The first-order chi connectivity index (χ1) is 14.5. The highest BCUT2D eigenvalue weighted by Crippen LogP contribution is 2.36. The number of anilines is 2. The van der Waals surface area contributed by atoms with Gasteiger partial charge in [0, 0.05) is 11.3 Å². The molecule has 0 aliphatic heterocycles. The molecule has 3 rings (SSSR count). The van der Waals surface area contributed by atoms with Crippen molar-refractivity contribution in [1.82, 2.24) is 9.97 Å². The molecule has 0 unspecified atom stereocenters. The Morgan fingerprint density at radius 2 is 1.77 bits per heavy atom. The third kappa shape index (κ3) is 4.34. The van der Waals surface area contributed by atoms with Gasteiger partial charge in [-0.05, 0) is 42.0 Å². The number of nitrogens with one attached hydrogen (secondary N) is 1. The minimum atomic E-state index is 0.325. The monoisotopic (exact) mass is 420 g/mol. The first-order valence-corrected chi connectivity index (χ1v) is 10.7. The number of methoxy groups -OCH3 is 2. The van der Waals surface area contributed by atoms with Crippen molar-refractivity contribution in [3.63, 3.8) is 0 Å². The second kappa shape index (κ2) is 9.51. The van der Waals surface area contributed by atoms with Gasteiger partial charge in [0.2, 0.25) is 0 Å². The highest BCUT2D eigenvalue weighted by Gasteiger charge is 2.19. The summed E-state index contributed by atoms with van der Waals surface area (Å²) in [5, 5.41) is 13.9. The zero-order chi connectivity index (χ0) is 21.7. The zero-order valence-electron chi connectivity index (χ0n) is 17.7.